The summed E-state index contributed by atoms with van der Waals surface area (Å²) in [5.41, 5.74) is 0. The van der Waals surface area contributed by atoms with Crippen molar-refractivity contribution < 1.29 is 19.9 Å². The van der Waals surface area contributed by atoms with Crippen molar-refractivity contribution in [2.75, 3.05) is 26.2 Å². The van der Waals surface area contributed by atoms with Crippen molar-refractivity contribution in [1.82, 2.24) is 10.2 Å². The van der Waals surface area contributed by atoms with Crippen LogP contribution in [-0.4, -0.2) is 65.4 Å². The SMILES string of the molecule is O=C(O)[C@@H]1CN(CC2CCCCN2)C[C@@H]1CCCB(O)O. The highest BCUT2D eigenvalue weighted by molar-refractivity contribution is 6.40. The number of rotatable bonds is 7. The highest BCUT2D eigenvalue weighted by Gasteiger charge is 2.37. The molecule has 0 aromatic rings. The molecule has 0 aliphatic carbocycles. The second kappa shape index (κ2) is 8.12. The fourth-order valence-electron chi connectivity index (χ4n) is 3.64. The zero-order chi connectivity index (χ0) is 15.2. The van der Waals surface area contributed by atoms with Crippen molar-refractivity contribution in [1.29, 1.82) is 0 Å². The fraction of sp³-hybridized carbons (Fsp3) is 0.929. The Morgan fingerprint density at radius 1 is 1.29 bits per heavy atom. The van der Waals surface area contributed by atoms with E-state index in [1.807, 2.05) is 0 Å². The first-order chi connectivity index (χ1) is 10.1. The van der Waals surface area contributed by atoms with Gasteiger partial charge in [-0.2, -0.15) is 0 Å². The summed E-state index contributed by atoms with van der Waals surface area (Å²) in [6.45, 7) is 3.44. The lowest BCUT2D eigenvalue weighted by Crippen LogP contribution is -2.43. The van der Waals surface area contributed by atoms with Gasteiger partial charge in [-0.05, 0) is 38.0 Å². The van der Waals surface area contributed by atoms with Gasteiger partial charge in [-0.15, -0.1) is 0 Å². The molecule has 0 aromatic heterocycles. The lowest BCUT2D eigenvalue weighted by molar-refractivity contribution is -0.142. The lowest BCUT2D eigenvalue weighted by Gasteiger charge is -2.28. The highest BCUT2D eigenvalue weighted by Crippen LogP contribution is 2.29. The number of likely N-dealkylation sites (tertiary alicyclic amines) is 1. The van der Waals surface area contributed by atoms with Crippen molar-refractivity contribution >= 4 is 13.1 Å². The third kappa shape index (κ3) is 5.25. The van der Waals surface area contributed by atoms with Crippen LogP contribution in [0.3, 0.4) is 0 Å². The van der Waals surface area contributed by atoms with E-state index in [0.717, 1.165) is 26.1 Å². The zero-order valence-electron chi connectivity index (χ0n) is 12.6. The minimum atomic E-state index is -1.28. The summed E-state index contributed by atoms with van der Waals surface area (Å²) in [5, 5.41) is 30.7. The van der Waals surface area contributed by atoms with E-state index in [-0.39, 0.29) is 11.8 Å². The quantitative estimate of drug-likeness (QED) is 0.495. The maximum absolute atomic E-state index is 11.4. The minimum absolute atomic E-state index is 0.129. The molecule has 2 fully saturated rings. The summed E-state index contributed by atoms with van der Waals surface area (Å²) in [7, 11) is -1.28. The van der Waals surface area contributed by atoms with Crippen molar-refractivity contribution in [3.63, 3.8) is 0 Å². The van der Waals surface area contributed by atoms with Crippen molar-refractivity contribution in [3.8, 4) is 0 Å². The van der Waals surface area contributed by atoms with E-state index in [9.17, 15) is 9.90 Å². The van der Waals surface area contributed by atoms with Crippen LogP contribution in [0, 0.1) is 11.8 Å². The first-order valence-electron chi connectivity index (χ1n) is 8.11. The smallest absolute Gasteiger partial charge is 0.451 e. The van der Waals surface area contributed by atoms with Crippen LogP contribution in [0.4, 0.5) is 0 Å². The molecule has 120 valence electrons. The Kier molecular flexibility index (Phi) is 6.48. The van der Waals surface area contributed by atoms with Crippen LogP contribution < -0.4 is 5.32 Å². The number of piperidine rings is 1. The van der Waals surface area contributed by atoms with Gasteiger partial charge in [-0.3, -0.25) is 4.79 Å². The van der Waals surface area contributed by atoms with Crippen LogP contribution in [-0.2, 0) is 4.79 Å². The summed E-state index contributed by atoms with van der Waals surface area (Å²) in [6.07, 6.45) is 5.42. The number of hydrogen-bond donors (Lipinski definition) is 4. The van der Waals surface area contributed by atoms with Crippen LogP contribution >= 0.6 is 0 Å². The van der Waals surface area contributed by atoms with E-state index in [4.69, 9.17) is 10.0 Å². The lowest BCUT2D eigenvalue weighted by atomic mass is 9.80. The van der Waals surface area contributed by atoms with Gasteiger partial charge in [-0.1, -0.05) is 12.8 Å². The molecule has 0 radical (unpaired) electrons. The van der Waals surface area contributed by atoms with E-state index in [1.54, 1.807) is 0 Å². The maximum Gasteiger partial charge on any atom is 0.451 e. The molecule has 0 spiro atoms. The Morgan fingerprint density at radius 3 is 2.71 bits per heavy atom. The van der Waals surface area contributed by atoms with Crippen LogP contribution in [0.1, 0.15) is 32.1 Å². The molecule has 2 aliphatic rings. The van der Waals surface area contributed by atoms with Gasteiger partial charge in [0.25, 0.3) is 0 Å². The second-order valence-corrected chi connectivity index (χ2v) is 6.48. The van der Waals surface area contributed by atoms with Gasteiger partial charge in [0.15, 0.2) is 0 Å². The fourth-order valence-corrected chi connectivity index (χ4v) is 3.64. The van der Waals surface area contributed by atoms with Crippen LogP contribution in [0.15, 0.2) is 0 Å². The molecule has 0 saturated carbocycles. The molecule has 4 N–H and O–H groups in total. The average molecular weight is 298 g/mol. The van der Waals surface area contributed by atoms with E-state index in [0.29, 0.717) is 25.3 Å². The summed E-state index contributed by atoms with van der Waals surface area (Å²) >= 11 is 0. The molecule has 0 aromatic carbocycles. The summed E-state index contributed by atoms with van der Waals surface area (Å²) in [6, 6.07) is 0.492. The zero-order valence-corrected chi connectivity index (χ0v) is 12.6. The average Bonchev–Trinajstić information content (AvgIpc) is 2.82. The molecule has 2 heterocycles. The molecule has 2 saturated heterocycles. The first kappa shape index (κ1) is 16.7. The molecular weight excluding hydrogens is 271 g/mol. The van der Waals surface area contributed by atoms with E-state index < -0.39 is 13.1 Å². The van der Waals surface area contributed by atoms with Crippen LogP contribution in [0.5, 0.6) is 0 Å². The monoisotopic (exact) mass is 298 g/mol. The predicted octanol–water partition coefficient (Wildman–Crippen LogP) is 0.0141. The van der Waals surface area contributed by atoms with Gasteiger partial charge in [-0.25, -0.2) is 0 Å². The number of hydrogen-bond acceptors (Lipinski definition) is 5. The molecule has 3 atom stereocenters. The molecule has 6 nitrogen and oxygen atoms in total. The Labute approximate surface area is 126 Å². The van der Waals surface area contributed by atoms with Crippen LogP contribution in [0.25, 0.3) is 0 Å². The minimum Gasteiger partial charge on any atom is -0.481 e. The molecule has 0 amide bonds. The third-order valence-corrected chi connectivity index (χ3v) is 4.76. The normalized spacial score (nSPS) is 30.5. The maximum atomic E-state index is 11.4. The Balaban J connectivity index is 1.80. The molecule has 0 bridgehead atoms. The summed E-state index contributed by atoms with van der Waals surface area (Å²) in [4.78, 5) is 13.7. The van der Waals surface area contributed by atoms with Crippen molar-refractivity contribution in [3.05, 3.63) is 0 Å². The number of carbonyl (C=O) groups is 1. The summed E-state index contributed by atoms with van der Waals surface area (Å²) in [5.74, 6) is -0.905. The van der Waals surface area contributed by atoms with E-state index in [2.05, 4.69) is 10.2 Å². The van der Waals surface area contributed by atoms with Crippen LogP contribution in [0.2, 0.25) is 6.32 Å². The second-order valence-electron chi connectivity index (χ2n) is 6.48. The highest BCUT2D eigenvalue weighted by atomic mass is 16.4. The van der Waals surface area contributed by atoms with Gasteiger partial charge < -0.3 is 25.4 Å². The third-order valence-electron chi connectivity index (χ3n) is 4.76. The van der Waals surface area contributed by atoms with E-state index in [1.165, 1.54) is 19.3 Å². The van der Waals surface area contributed by atoms with Crippen molar-refractivity contribution in [2.45, 2.75) is 44.5 Å². The Hall–Kier alpha value is -0.625. The van der Waals surface area contributed by atoms with Gasteiger partial charge in [0.2, 0.25) is 0 Å². The summed E-state index contributed by atoms with van der Waals surface area (Å²) < 4.78 is 0. The van der Waals surface area contributed by atoms with Gasteiger partial charge in [0.1, 0.15) is 0 Å². The number of nitrogens with zero attached hydrogens (tertiary/aromatic N) is 1. The predicted molar refractivity (Wildman–Crippen MR) is 80.9 cm³/mol. The topological polar surface area (TPSA) is 93.0 Å². The molecule has 7 heteroatoms. The largest absolute Gasteiger partial charge is 0.481 e. The number of aliphatic carboxylic acids is 1. The van der Waals surface area contributed by atoms with E-state index >= 15 is 0 Å². The van der Waals surface area contributed by atoms with Gasteiger partial charge in [0.05, 0.1) is 5.92 Å². The first-order valence-corrected chi connectivity index (χ1v) is 8.11. The number of carboxylic acid groups (broad SMARTS) is 1. The molecule has 2 rings (SSSR count). The van der Waals surface area contributed by atoms with Gasteiger partial charge >= 0.3 is 13.1 Å². The molecular formula is C14H27BN2O4. The number of nitrogens with one attached hydrogen (secondary N) is 1. The Bertz CT molecular complexity index is 337. The molecule has 1 unspecified atom stereocenters. The number of carboxylic acids is 1. The standard InChI is InChI=1S/C14H27BN2O4/c18-14(19)13-10-17(9-12-5-1-2-7-16-12)8-11(13)4-3-6-15(20)21/h11-13,16,20-21H,1-10H2,(H,18,19)/t11-,12?,13+/m0/s1. The Morgan fingerprint density at radius 2 is 2.10 bits per heavy atom. The molecule has 21 heavy (non-hydrogen) atoms. The van der Waals surface area contributed by atoms with Crippen molar-refractivity contribution in [2.24, 2.45) is 11.8 Å². The van der Waals surface area contributed by atoms with Gasteiger partial charge in [0, 0.05) is 25.7 Å². The molecule has 2 aliphatic heterocycles.